The van der Waals surface area contributed by atoms with Crippen molar-refractivity contribution >= 4 is 21.6 Å². The summed E-state index contributed by atoms with van der Waals surface area (Å²) in [5.41, 5.74) is 3.19. The lowest BCUT2D eigenvalue weighted by Gasteiger charge is -2.21. The number of carbonyl (C=O) groups excluding carboxylic acids is 1. The molecule has 1 heterocycles. The Hall–Kier alpha value is -2.38. The summed E-state index contributed by atoms with van der Waals surface area (Å²) in [6.07, 6.45) is 3.88. The fourth-order valence-electron chi connectivity index (χ4n) is 4.14. The van der Waals surface area contributed by atoms with E-state index in [1.165, 1.54) is 6.07 Å². The van der Waals surface area contributed by atoms with Gasteiger partial charge in [0.05, 0.1) is 4.90 Å². The first-order valence-electron chi connectivity index (χ1n) is 11.6. The lowest BCUT2D eigenvalue weighted by molar-refractivity contribution is 0.0950. The second kappa shape index (κ2) is 11.0. The van der Waals surface area contributed by atoms with E-state index in [9.17, 15) is 13.2 Å². The molecule has 0 spiro atoms. The predicted molar refractivity (Wildman–Crippen MR) is 130 cm³/mol. The molecule has 0 saturated carbocycles. The monoisotopic (exact) mass is 457 g/mol. The highest BCUT2D eigenvalue weighted by Gasteiger charge is 2.27. The molecule has 1 N–H and O–H groups in total. The van der Waals surface area contributed by atoms with Crippen LogP contribution in [0.4, 0.5) is 5.69 Å². The first-order chi connectivity index (χ1) is 15.4. The van der Waals surface area contributed by atoms with Crippen LogP contribution in [0.25, 0.3) is 0 Å². The Morgan fingerprint density at radius 3 is 2.19 bits per heavy atom. The van der Waals surface area contributed by atoms with Crippen molar-refractivity contribution in [3.05, 3.63) is 59.2 Å². The fourth-order valence-corrected chi connectivity index (χ4v) is 5.91. The Kier molecular flexibility index (Phi) is 8.32. The van der Waals surface area contributed by atoms with Crippen LogP contribution in [0.5, 0.6) is 0 Å². The van der Waals surface area contributed by atoms with Crippen molar-refractivity contribution in [1.82, 2.24) is 9.62 Å². The molecule has 2 aromatic rings. The van der Waals surface area contributed by atoms with E-state index in [4.69, 9.17) is 0 Å². The number of benzene rings is 2. The zero-order valence-corrected chi connectivity index (χ0v) is 20.2. The van der Waals surface area contributed by atoms with Gasteiger partial charge in [0.1, 0.15) is 0 Å². The van der Waals surface area contributed by atoms with Gasteiger partial charge < -0.3 is 10.2 Å². The van der Waals surface area contributed by atoms with E-state index >= 15 is 0 Å². The van der Waals surface area contributed by atoms with Crippen LogP contribution in [0, 0.1) is 6.92 Å². The van der Waals surface area contributed by atoms with Crippen LogP contribution in [0.2, 0.25) is 0 Å². The third-order valence-corrected chi connectivity index (χ3v) is 8.19. The maximum atomic E-state index is 13.2. The molecule has 6 nitrogen and oxygen atoms in total. The Labute approximate surface area is 192 Å². The number of anilines is 1. The van der Waals surface area contributed by atoms with Gasteiger partial charge in [0.2, 0.25) is 10.0 Å². The largest absolute Gasteiger partial charge is 0.372 e. The molecule has 0 aromatic heterocycles. The second-order valence-electron chi connectivity index (χ2n) is 8.32. The second-order valence-corrected chi connectivity index (χ2v) is 10.2. The highest BCUT2D eigenvalue weighted by Crippen LogP contribution is 2.24. The molecule has 0 radical (unpaired) electrons. The van der Waals surface area contributed by atoms with Crippen molar-refractivity contribution in [2.24, 2.45) is 0 Å². The molecule has 0 unspecified atom stereocenters. The van der Waals surface area contributed by atoms with Crippen LogP contribution >= 0.6 is 0 Å². The number of sulfonamides is 1. The zero-order valence-electron chi connectivity index (χ0n) is 19.4. The molecule has 1 amide bonds. The number of hydrogen-bond acceptors (Lipinski definition) is 4. The molecule has 1 fully saturated rings. The maximum Gasteiger partial charge on any atom is 0.251 e. The van der Waals surface area contributed by atoms with Gasteiger partial charge in [-0.05, 0) is 69.0 Å². The maximum absolute atomic E-state index is 13.2. The van der Waals surface area contributed by atoms with Gasteiger partial charge in [0.15, 0.2) is 0 Å². The van der Waals surface area contributed by atoms with Crippen molar-refractivity contribution in [2.75, 3.05) is 31.1 Å². The van der Waals surface area contributed by atoms with Gasteiger partial charge in [-0.25, -0.2) is 8.42 Å². The lowest BCUT2D eigenvalue weighted by Crippen LogP contribution is -2.32. The molecule has 0 aliphatic carbocycles. The number of carbonyl (C=O) groups is 1. The molecule has 1 saturated heterocycles. The van der Waals surface area contributed by atoms with Crippen LogP contribution < -0.4 is 10.2 Å². The van der Waals surface area contributed by atoms with Gasteiger partial charge in [0, 0.05) is 44.0 Å². The summed E-state index contributed by atoms with van der Waals surface area (Å²) in [5.74, 6) is -0.273. The minimum atomic E-state index is -3.61. The lowest BCUT2D eigenvalue weighted by atomic mass is 10.1. The number of nitrogens with zero attached hydrogens (tertiary/aromatic N) is 2. The summed E-state index contributed by atoms with van der Waals surface area (Å²) in [6.45, 7) is 9.40. The van der Waals surface area contributed by atoms with E-state index in [2.05, 4.69) is 36.2 Å². The minimum absolute atomic E-state index is 0.232. The van der Waals surface area contributed by atoms with E-state index in [0.717, 1.165) is 50.0 Å². The van der Waals surface area contributed by atoms with E-state index in [-0.39, 0.29) is 10.8 Å². The molecule has 7 heteroatoms. The van der Waals surface area contributed by atoms with Crippen LogP contribution in [0.15, 0.2) is 47.4 Å². The van der Waals surface area contributed by atoms with E-state index in [1.54, 1.807) is 23.4 Å². The summed E-state index contributed by atoms with van der Waals surface area (Å²) in [5, 5.41) is 2.92. The Balaban J connectivity index is 1.71. The summed E-state index contributed by atoms with van der Waals surface area (Å²) in [6, 6.07) is 13.1. The van der Waals surface area contributed by atoms with Crippen LogP contribution in [-0.2, 0) is 16.6 Å². The van der Waals surface area contributed by atoms with Crippen molar-refractivity contribution in [3.8, 4) is 0 Å². The highest BCUT2D eigenvalue weighted by molar-refractivity contribution is 7.89. The van der Waals surface area contributed by atoms with Crippen LogP contribution in [0.3, 0.4) is 0 Å². The fraction of sp³-hybridized carbons (Fsp3) is 0.480. The van der Waals surface area contributed by atoms with Crippen LogP contribution in [0.1, 0.15) is 61.0 Å². The van der Waals surface area contributed by atoms with Crippen molar-refractivity contribution in [3.63, 3.8) is 0 Å². The van der Waals surface area contributed by atoms with Crippen LogP contribution in [-0.4, -0.2) is 44.8 Å². The predicted octanol–water partition coefficient (Wildman–Crippen LogP) is 4.34. The molecule has 1 aliphatic heterocycles. The average Bonchev–Trinajstić information content (AvgIpc) is 3.09. The third-order valence-electron chi connectivity index (χ3n) is 6.15. The average molecular weight is 458 g/mol. The Morgan fingerprint density at radius 1 is 0.969 bits per heavy atom. The van der Waals surface area contributed by atoms with Gasteiger partial charge in [-0.3, -0.25) is 4.79 Å². The zero-order chi connectivity index (χ0) is 23.1. The number of hydrogen-bond donors (Lipinski definition) is 1. The van der Waals surface area contributed by atoms with Crippen molar-refractivity contribution in [2.45, 2.75) is 57.9 Å². The van der Waals surface area contributed by atoms with E-state index in [1.807, 2.05) is 12.1 Å². The molecule has 1 aliphatic rings. The molecular weight excluding hydrogens is 422 g/mol. The number of rotatable bonds is 8. The summed E-state index contributed by atoms with van der Waals surface area (Å²) >= 11 is 0. The standard InChI is InChI=1S/C25H35N3O3S/c1-4-27(5-2)23-14-11-21(12-15-23)19-26-25(29)22-13-10-20(3)24(18-22)32(30,31)28-16-8-6-7-9-17-28/h10-15,18H,4-9,16-17,19H2,1-3H3,(H,26,29). The first-order valence-corrected chi connectivity index (χ1v) is 13.0. The van der Waals surface area contributed by atoms with Gasteiger partial charge in [-0.2, -0.15) is 4.31 Å². The topological polar surface area (TPSA) is 69.7 Å². The quantitative estimate of drug-likeness (QED) is 0.640. The molecule has 2 aromatic carbocycles. The van der Waals surface area contributed by atoms with Crippen molar-refractivity contribution < 1.29 is 13.2 Å². The Bertz CT molecular complexity index is 1010. The normalized spacial score (nSPS) is 15.2. The summed E-state index contributed by atoms with van der Waals surface area (Å²) in [7, 11) is -3.61. The van der Waals surface area contributed by atoms with E-state index < -0.39 is 10.0 Å². The highest BCUT2D eigenvalue weighted by atomic mass is 32.2. The first kappa shape index (κ1) is 24.3. The third kappa shape index (κ3) is 5.70. The number of nitrogens with one attached hydrogen (secondary N) is 1. The van der Waals surface area contributed by atoms with Gasteiger partial charge in [-0.1, -0.05) is 31.0 Å². The van der Waals surface area contributed by atoms with Gasteiger partial charge in [0.25, 0.3) is 5.91 Å². The summed E-state index contributed by atoms with van der Waals surface area (Å²) in [4.78, 5) is 15.3. The Morgan fingerprint density at radius 2 is 1.59 bits per heavy atom. The molecule has 32 heavy (non-hydrogen) atoms. The number of amides is 1. The van der Waals surface area contributed by atoms with E-state index in [0.29, 0.717) is 30.8 Å². The number of aryl methyl sites for hydroxylation is 1. The SMILES string of the molecule is CCN(CC)c1ccc(CNC(=O)c2ccc(C)c(S(=O)(=O)N3CCCCCC3)c2)cc1. The van der Waals surface area contributed by atoms with Crippen molar-refractivity contribution in [1.29, 1.82) is 0 Å². The van der Waals surface area contributed by atoms with Gasteiger partial charge >= 0.3 is 0 Å². The minimum Gasteiger partial charge on any atom is -0.372 e. The summed E-state index contributed by atoms with van der Waals surface area (Å²) < 4.78 is 28.1. The molecule has 174 valence electrons. The smallest absolute Gasteiger partial charge is 0.251 e. The molecule has 0 atom stereocenters. The molecular formula is C25H35N3O3S. The molecule has 3 rings (SSSR count). The van der Waals surface area contributed by atoms with Gasteiger partial charge in [-0.15, -0.1) is 0 Å². The molecule has 0 bridgehead atoms.